The van der Waals surface area contributed by atoms with E-state index in [1.807, 2.05) is 0 Å². The summed E-state index contributed by atoms with van der Waals surface area (Å²) >= 11 is 7.69. The van der Waals surface area contributed by atoms with Gasteiger partial charge in [-0.25, -0.2) is 0 Å². The first-order valence-electron chi connectivity index (χ1n) is 1.59. The summed E-state index contributed by atoms with van der Waals surface area (Å²) in [4.78, 5) is 0. The summed E-state index contributed by atoms with van der Waals surface area (Å²) in [5.41, 5.74) is 0. The van der Waals surface area contributed by atoms with Crippen LogP contribution in [0.1, 0.15) is 1.43 Å². The summed E-state index contributed by atoms with van der Waals surface area (Å²) in [6.45, 7) is 0. The van der Waals surface area contributed by atoms with Gasteiger partial charge in [-0.2, -0.15) is 25.3 Å². The molecule has 0 aromatic carbocycles. The standard InChI is InChI=1S/C4H6S2.Li.H/c5-3-1-2-4-6;;/h5-6H,3-4H2;;/q;+1;-1. The van der Waals surface area contributed by atoms with Crippen molar-refractivity contribution in [1.29, 1.82) is 0 Å². The molecule has 0 saturated heterocycles. The van der Waals surface area contributed by atoms with Gasteiger partial charge in [0.25, 0.3) is 0 Å². The Morgan fingerprint density at radius 3 is 1.57 bits per heavy atom. The maximum absolute atomic E-state index is 3.85. The maximum Gasteiger partial charge on any atom is 1.00 e. The van der Waals surface area contributed by atoms with Gasteiger partial charge in [0.05, 0.1) is 11.5 Å². The van der Waals surface area contributed by atoms with E-state index in [0.29, 0.717) is 11.5 Å². The van der Waals surface area contributed by atoms with Gasteiger partial charge >= 0.3 is 18.9 Å². The predicted octanol–water partition coefficient (Wildman–Crippen LogP) is -2.03. The Labute approximate surface area is 68.9 Å². The molecule has 0 N–H and O–H groups in total. The molecule has 0 spiro atoms. The Kier molecular flexibility index (Phi) is 15.3. The number of hydrogen-bond donors (Lipinski definition) is 2. The van der Waals surface area contributed by atoms with Crippen molar-refractivity contribution in [2.75, 3.05) is 11.5 Å². The third kappa shape index (κ3) is 10.9. The Balaban J connectivity index is -0.000000125. The van der Waals surface area contributed by atoms with Gasteiger partial charge in [-0.1, -0.05) is 11.8 Å². The average molecular weight is 126 g/mol. The minimum absolute atomic E-state index is 0. The Morgan fingerprint density at radius 2 is 1.43 bits per heavy atom. The van der Waals surface area contributed by atoms with Gasteiger partial charge in [-0.15, -0.1) is 0 Å². The van der Waals surface area contributed by atoms with Crippen LogP contribution in [-0.4, -0.2) is 11.5 Å². The zero-order chi connectivity index (χ0) is 4.83. The van der Waals surface area contributed by atoms with Gasteiger partial charge in [-0.3, -0.25) is 0 Å². The van der Waals surface area contributed by atoms with Gasteiger partial charge in [-0.05, 0) is 0 Å². The topological polar surface area (TPSA) is 0 Å². The van der Waals surface area contributed by atoms with E-state index < -0.39 is 0 Å². The number of hydrogen-bond acceptors (Lipinski definition) is 2. The Bertz CT molecular complexity index is 67.8. The van der Waals surface area contributed by atoms with Crippen molar-refractivity contribution >= 4 is 25.3 Å². The molecule has 0 aromatic heterocycles. The van der Waals surface area contributed by atoms with Gasteiger partial charge in [0.1, 0.15) is 0 Å². The molecule has 0 saturated carbocycles. The molecule has 0 fully saturated rings. The van der Waals surface area contributed by atoms with E-state index in [0.717, 1.165) is 0 Å². The molecule has 0 aliphatic carbocycles. The van der Waals surface area contributed by atoms with Crippen molar-refractivity contribution in [2.45, 2.75) is 0 Å². The van der Waals surface area contributed by atoms with Crippen LogP contribution >= 0.6 is 25.3 Å². The smallest absolute Gasteiger partial charge is 1.00 e. The first-order chi connectivity index (χ1) is 2.91. The zero-order valence-corrected chi connectivity index (χ0v) is 6.10. The molecule has 0 atom stereocenters. The molecule has 7 heavy (non-hydrogen) atoms. The predicted molar refractivity (Wildman–Crippen MR) is 36.6 cm³/mol. The molecule has 0 aliphatic rings. The quantitative estimate of drug-likeness (QED) is 0.209. The minimum Gasteiger partial charge on any atom is -1.00 e. The van der Waals surface area contributed by atoms with Crippen molar-refractivity contribution in [3.8, 4) is 11.8 Å². The molecule has 36 valence electrons. The zero-order valence-electron chi connectivity index (χ0n) is 5.31. The first-order valence-corrected chi connectivity index (χ1v) is 2.85. The maximum atomic E-state index is 3.85. The Hall–Kier alpha value is 0.857. The fraction of sp³-hybridized carbons (Fsp3) is 0.500. The van der Waals surface area contributed by atoms with Crippen LogP contribution in [0.5, 0.6) is 0 Å². The van der Waals surface area contributed by atoms with E-state index in [9.17, 15) is 0 Å². The van der Waals surface area contributed by atoms with Crippen LogP contribution in [0, 0.1) is 11.8 Å². The van der Waals surface area contributed by atoms with E-state index in [1.54, 1.807) is 0 Å². The largest absolute Gasteiger partial charge is 1.00 e. The fourth-order valence-electron chi connectivity index (χ4n) is 0.112. The van der Waals surface area contributed by atoms with Crippen molar-refractivity contribution in [3.05, 3.63) is 0 Å². The summed E-state index contributed by atoms with van der Waals surface area (Å²) < 4.78 is 0. The number of rotatable bonds is 0. The summed E-state index contributed by atoms with van der Waals surface area (Å²) in [5, 5.41) is 0. The second kappa shape index (κ2) is 9.97. The van der Waals surface area contributed by atoms with Gasteiger partial charge < -0.3 is 1.43 Å². The third-order valence-electron chi connectivity index (χ3n) is 0.283. The second-order valence-corrected chi connectivity index (χ2v) is 1.30. The van der Waals surface area contributed by atoms with Crippen molar-refractivity contribution in [1.82, 2.24) is 0 Å². The molecule has 3 heteroatoms. The van der Waals surface area contributed by atoms with E-state index >= 15 is 0 Å². The first kappa shape index (κ1) is 10.8. The molecule has 0 rings (SSSR count). The second-order valence-electron chi connectivity index (χ2n) is 0.670. The van der Waals surface area contributed by atoms with Crippen LogP contribution in [0.3, 0.4) is 0 Å². The van der Waals surface area contributed by atoms with Crippen molar-refractivity contribution in [3.63, 3.8) is 0 Å². The van der Waals surface area contributed by atoms with Crippen LogP contribution in [0.25, 0.3) is 0 Å². The molecule has 0 aromatic rings. The third-order valence-corrected chi connectivity index (χ3v) is 0.599. The van der Waals surface area contributed by atoms with E-state index in [1.165, 1.54) is 0 Å². The van der Waals surface area contributed by atoms with E-state index in [-0.39, 0.29) is 20.3 Å². The summed E-state index contributed by atoms with van der Waals surface area (Å²) in [6.07, 6.45) is 0. The summed E-state index contributed by atoms with van der Waals surface area (Å²) in [7, 11) is 0. The molecule has 0 nitrogen and oxygen atoms in total. The van der Waals surface area contributed by atoms with Crippen molar-refractivity contribution in [2.24, 2.45) is 0 Å². The molecule has 0 unspecified atom stereocenters. The van der Waals surface area contributed by atoms with Crippen LogP contribution in [0.4, 0.5) is 0 Å². The SMILES string of the molecule is SCC#CCS.[H-].[Li+]. The summed E-state index contributed by atoms with van der Waals surface area (Å²) in [5.74, 6) is 6.75. The summed E-state index contributed by atoms with van der Waals surface area (Å²) in [6, 6.07) is 0. The molecule has 0 bridgehead atoms. The van der Waals surface area contributed by atoms with Crippen LogP contribution in [-0.2, 0) is 0 Å². The number of thiol groups is 2. The van der Waals surface area contributed by atoms with Gasteiger partial charge in [0.15, 0.2) is 0 Å². The average Bonchev–Trinajstić information content (AvgIpc) is 1.61. The molecule has 0 radical (unpaired) electrons. The molecular formula is C4H7LiS2. The van der Waals surface area contributed by atoms with Crippen LogP contribution in [0.2, 0.25) is 0 Å². The van der Waals surface area contributed by atoms with E-state index in [4.69, 9.17) is 0 Å². The fourth-order valence-corrected chi connectivity index (χ4v) is 0.335. The monoisotopic (exact) mass is 126 g/mol. The van der Waals surface area contributed by atoms with Gasteiger partial charge in [0, 0.05) is 0 Å². The van der Waals surface area contributed by atoms with Gasteiger partial charge in [0.2, 0.25) is 0 Å². The normalized spacial score (nSPS) is 5.43. The van der Waals surface area contributed by atoms with E-state index in [2.05, 4.69) is 37.1 Å². The van der Waals surface area contributed by atoms with Crippen LogP contribution < -0.4 is 18.9 Å². The van der Waals surface area contributed by atoms with Crippen molar-refractivity contribution < 1.29 is 20.3 Å². The minimum atomic E-state index is 0. The molecule has 0 aliphatic heterocycles. The van der Waals surface area contributed by atoms with Crippen LogP contribution in [0.15, 0.2) is 0 Å². The molecular weight excluding hydrogens is 119 g/mol. The molecule has 0 amide bonds. The molecule has 0 heterocycles. The Morgan fingerprint density at radius 1 is 1.14 bits per heavy atom.